The van der Waals surface area contributed by atoms with E-state index in [1.165, 1.54) is 4.68 Å². The van der Waals surface area contributed by atoms with Crippen LogP contribution in [0.4, 0.5) is 0 Å². The van der Waals surface area contributed by atoms with E-state index in [1.807, 2.05) is 18.2 Å². The van der Waals surface area contributed by atoms with E-state index in [0.29, 0.717) is 26.5 Å². The van der Waals surface area contributed by atoms with Gasteiger partial charge in [-0.05, 0) is 34.1 Å². The molecule has 0 aliphatic rings. The van der Waals surface area contributed by atoms with E-state index in [-0.39, 0.29) is 24.6 Å². The number of nitrogens with zero attached hydrogens (tertiary/aromatic N) is 2. The van der Waals surface area contributed by atoms with Gasteiger partial charge >= 0.3 is 0 Å². The van der Waals surface area contributed by atoms with E-state index in [1.54, 1.807) is 30.3 Å². The van der Waals surface area contributed by atoms with E-state index in [9.17, 15) is 9.59 Å². The number of benzene rings is 2. The van der Waals surface area contributed by atoms with Crippen LogP contribution in [-0.4, -0.2) is 15.7 Å². The second kappa shape index (κ2) is 7.32. The van der Waals surface area contributed by atoms with Gasteiger partial charge < -0.3 is 5.32 Å². The fourth-order valence-corrected chi connectivity index (χ4v) is 3.00. The number of aromatic nitrogens is 2. The molecule has 5 nitrogen and oxygen atoms in total. The standard InChI is InChI=1S/C19H14BrN3O2/c1-2-11-23-19(25)14-8-4-3-7-13(14)17(22-23)12-21-18(24)15-9-5-6-10-16(15)20/h1,3-10H,11-12H2,(H,21,24). The van der Waals surface area contributed by atoms with Gasteiger partial charge in [-0.2, -0.15) is 5.10 Å². The highest BCUT2D eigenvalue weighted by atomic mass is 79.9. The highest BCUT2D eigenvalue weighted by Crippen LogP contribution is 2.17. The van der Waals surface area contributed by atoms with Crippen molar-refractivity contribution < 1.29 is 4.79 Å². The summed E-state index contributed by atoms with van der Waals surface area (Å²) in [7, 11) is 0. The Kier molecular flexibility index (Phi) is 4.96. The maximum absolute atomic E-state index is 12.4. The van der Waals surface area contributed by atoms with Crippen LogP contribution in [0.3, 0.4) is 0 Å². The van der Waals surface area contributed by atoms with Gasteiger partial charge in [-0.15, -0.1) is 6.42 Å². The molecular weight excluding hydrogens is 382 g/mol. The Bertz CT molecular complexity index is 1050. The van der Waals surface area contributed by atoms with Gasteiger partial charge in [0, 0.05) is 9.86 Å². The molecule has 0 bridgehead atoms. The van der Waals surface area contributed by atoms with Crippen LogP contribution in [0.1, 0.15) is 16.1 Å². The summed E-state index contributed by atoms with van der Waals surface area (Å²) >= 11 is 3.36. The van der Waals surface area contributed by atoms with Crippen molar-refractivity contribution in [3.05, 3.63) is 74.6 Å². The van der Waals surface area contributed by atoms with Crippen LogP contribution in [0.2, 0.25) is 0 Å². The first-order valence-corrected chi connectivity index (χ1v) is 8.36. The molecule has 0 spiro atoms. The summed E-state index contributed by atoms with van der Waals surface area (Å²) in [5.74, 6) is 2.19. The number of carbonyl (C=O) groups excluding carboxylic acids is 1. The molecule has 0 radical (unpaired) electrons. The number of carbonyl (C=O) groups is 1. The second-order valence-corrected chi connectivity index (χ2v) is 6.18. The van der Waals surface area contributed by atoms with Gasteiger partial charge in [0.1, 0.15) is 6.54 Å². The molecule has 0 fully saturated rings. The molecule has 3 aromatic rings. The average Bonchev–Trinajstić information content (AvgIpc) is 2.63. The lowest BCUT2D eigenvalue weighted by molar-refractivity contribution is 0.0949. The number of hydrogen-bond donors (Lipinski definition) is 1. The number of rotatable bonds is 4. The molecule has 124 valence electrons. The van der Waals surface area contributed by atoms with Crippen molar-refractivity contribution in [3.63, 3.8) is 0 Å². The zero-order chi connectivity index (χ0) is 17.8. The first-order chi connectivity index (χ1) is 12.1. The summed E-state index contributed by atoms with van der Waals surface area (Å²) in [6.45, 7) is 0.264. The monoisotopic (exact) mass is 395 g/mol. The maximum Gasteiger partial charge on any atom is 0.275 e. The number of amides is 1. The van der Waals surface area contributed by atoms with E-state index in [0.717, 1.165) is 0 Å². The number of nitrogens with one attached hydrogen (secondary N) is 1. The van der Waals surface area contributed by atoms with Crippen LogP contribution >= 0.6 is 15.9 Å². The third kappa shape index (κ3) is 3.47. The summed E-state index contributed by atoms with van der Waals surface area (Å²) in [5, 5.41) is 8.38. The smallest absolute Gasteiger partial charge is 0.275 e. The first-order valence-electron chi connectivity index (χ1n) is 7.56. The molecular formula is C19H14BrN3O2. The quantitative estimate of drug-likeness (QED) is 0.690. The third-order valence-corrected chi connectivity index (χ3v) is 4.41. The molecule has 1 N–H and O–H groups in total. The normalized spacial score (nSPS) is 10.4. The molecule has 1 heterocycles. The van der Waals surface area contributed by atoms with Crippen molar-refractivity contribution in [1.82, 2.24) is 15.1 Å². The summed E-state index contributed by atoms with van der Waals surface area (Å²) in [6.07, 6.45) is 5.31. The zero-order valence-electron chi connectivity index (χ0n) is 13.2. The van der Waals surface area contributed by atoms with Gasteiger partial charge in [-0.1, -0.05) is 36.3 Å². The molecule has 0 atom stereocenters. The lowest BCUT2D eigenvalue weighted by Gasteiger charge is -2.11. The molecule has 0 aliphatic heterocycles. The Balaban J connectivity index is 1.95. The maximum atomic E-state index is 12.4. The van der Waals surface area contributed by atoms with Crippen LogP contribution in [0, 0.1) is 12.3 Å². The Morgan fingerprint density at radius 3 is 2.56 bits per heavy atom. The summed E-state index contributed by atoms with van der Waals surface area (Å²) in [5.41, 5.74) is 0.879. The van der Waals surface area contributed by atoms with Crippen molar-refractivity contribution in [2.24, 2.45) is 0 Å². The minimum atomic E-state index is -0.241. The predicted octanol–water partition coefficient (Wildman–Crippen LogP) is 2.72. The third-order valence-electron chi connectivity index (χ3n) is 3.72. The molecule has 0 aliphatic carbocycles. The van der Waals surface area contributed by atoms with Crippen molar-refractivity contribution in [2.75, 3.05) is 0 Å². The van der Waals surface area contributed by atoms with E-state index in [2.05, 4.69) is 32.3 Å². The fraction of sp³-hybridized carbons (Fsp3) is 0.105. The number of terminal acetylenes is 1. The first kappa shape index (κ1) is 16.9. The molecule has 1 amide bonds. The molecule has 6 heteroatoms. The lowest BCUT2D eigenvalue weighted by atomic mass is 10.1. The lowest BCUT2D eigenvalue weighted by Crippen LogP contribution is -2.28. The van der Waals surface area contributed by atoms with Gasteiger partial charge in [0.2, 0.25) is 0 Å². The summed E-state index contributed by atoms with van der Waals surface area (Å²) in [6, 6.07) is 14.3. The van der Waals surface area contributed by atoms with Crippen LogP contribution in [-0.2, 0) is 13.1 Å². The van der Waals surface area contributed by atoms with Gasteiger partial charge in [0.05, 0.1) is 23.2 Å². The molecule has 2 aromatic carbocycles. The summed E-state index contributed by atoms with van der Waals surface area (Å²) < 4.78 is 1.95. The number of fused-ring (bicyclic) bond motifs is 1. The van der Waals surface area contributed by atoms with Gasteiger partial charge in [0.15, 0.2) is 0 Å². The Morgan fingerprint density at radius 1 is 1.16 bits per heavy atom. The molecule has 3 rings (SSSR count). The van der Waals surface area contributed by atoms with Gasteiger partial charge in [-0.3, -0.25) is 9.59 Å². The van der Waals surface area contributed by atoms with Crippen molar-refractivity contribution in [2.45, 2.75) is 13.1 Å². The SMILES string of the molecule is C#CCn1nc(CNC(=O)c2ccccc2Br)c2ccccc2c1=O. The van der Waals surface area contributed by atoms with Crippen molar-refractivity contribution >= 4 is 32.6 Å². The minimum absolute atomic E-state index is 0.0782. The van der Waals surface area contributed by atoms with Gasteiger partial charge in [-0.25, -0.2) is 4.68 Å². The second-order valence-electron chi connectivity index (χ2n) is 5.32. The molecule has 0 saturated carbocycles. The topological polar surface area (TPSA) is 64.0 Å². The number of halogens is 1. The highest BCUT2D eigenvalue weighted by molar-refractivity contribution is 9.10. The minimum Gasteiger partial charge on any atom is -0.346 e. The van der Waals surface area contributed by atoms with Crippen LogP contribution < -0.4 is 10.9 Å². The zero-order valence-corrected chi connectivity index (χ0v) is 14.8. The van der Waals surface area contributed by atoms with Gasteiger partial charge in [0.25, 0.3) is 11.5 Å². The van der Waals surface area contributed by atoms with E-state index >= 15 is 0 Å². The van der Waals surface area contributed by atoms with Crippen LogP contribution in [0.5, 0.6) is 0 Å². The van der Waals surface area contributed by atoms with Crippen LogP contribution in [0.25, 0.3) is 10.8 Å². The average molecular weight is 396 g/mol. The molecule has 0 saturated heterocycles. The van der Waals surface area contributed by atoms with Crippen LogP contribution in [0.15, 0.2) is 57.8 Å². The molecule has 0 unspecified atom stereocenters. The predicted molar refractivity (Wildman–Crippen MR) is 100 cm³/mol. The van der Waals surface area contributed by atoms with E-state index in [4.69, 9.17) is 6.42 Å². The Morgan fingerprint density at radius 2 is 1.84 bits per heavy atom. The fourth-order valence-electron chi connectivity index (χ4n) is 2.53. The highest BCUT2D eigenvalue weighted by Gasteiger charge is 2.13. The van der Waals surface area contributed by atoms with Crippen molar-refractivity contribution in [1.29, 1.82) is 0 Å². The van der Waals surface area contributed by atoms with Crippen molar-refractivity contribution in [3.8, 4) is 12.3 Å². The largest absolute Gasteiger partial charge is 0.346 e. The number of hydrogen-bond acceptors (Lipinski definition) is 3. The Hall–Kier alpha value is -2.91. The molecule has 25 heavy (non-hydrogen) atoms. The Labute approximate surface area is 152 Å². The van der Waals surface area contributed by atoms with E-state index < -0.39 is 0 Å². The summed E-state index contributed by atoms with van der Waals surface area (Å²) in [4.78, 5) is 24.8. The molecule has 1 aromatic heterocycles.